The number of Topliss-reactive ketones (excluding diaryl/α,β-unsaturated/α-hetero) is 1. The summed E-state index contributed by atoms with van der Waals surface area (Å²) in [5.74, 6) is 0.845. The van der Waals surface area contributed by atoms with Crippen LogP contribution >= 0.6 is 15.9 Å². The fraction of sp³-hybridized carbons (Fsp3) is 0.533. The van der Waals surface area contributed by atoms with Gasteiger partial charge < -0.3 is 4.74 Å². The number of hydrogen-bond donors (Lipinski definition) is 0. The quantitative estimate of drug-likeness (QED) is 0.779. The summed E-state index contributed by atoms with van der Waals surface area (Å²) in [5.41, 5.74) is 0.779. The minimum atomic E-state index is 0.192. The fourth-order valence-electron chi connectivity index (χ4n) is 2.52. The first kappa shape index (κ1) is 14.7. The van der Waals surface area contributed by atoms with Gasteiger partial charge in [0.05, 0.1) is 6.54 Å². The highest BCUT2D eigenvalue weighted by Crippen LogP contribution is 2.20. The summed E-state index contributed by atoms with van der Waals surface area (Å²) in [6.45, 7) is 3.34. The Morgan fingerprint density at radius 1 is 1.37 bits per heavy atom. The van der Waals surface area contributed by atoms with Gasteiger partial charge in [-0.3, -0.25) is 9.69 Å². The smallest absolute Gasteiger partial charge is 0.177 e. The molecule has 0 N–H and O–H groups in total. The number of ketones is 1. The van der Waals surface area contributed by atoms with Crippen molar-refractivity contribution in [3.8, 4) is 0 Å². The van der Waals surface area contributed by atoms with E-state index in [1.54, 1.807) is 7.11 Å². The van der Waals surface area contributed by atoms with E-state index in [-0.39, 0.29) is 5.78 Å². The van der Waals surface area contributed by atoms with Gasteiger partial charge in [0.1, 0.15) is 0 Å². The Kier molecular flexibility index (Phi) is 5.55. The summed E-state index contributed by atoms with van der Waals surface area (Å²) in [6.07, 6.45) is 2.24. The first-order valence-corrected chi connectivity index (χ1v) is 7.49. The van der Waals surface area contributed by atoms with Crippen LogP contribution in [-0.4, -0.2) is 44.0 Å². The molecule has 3 nitrogen and oxygen atoms in total. The van der Waals surface area contributed by atoms with Crippen molar-refractivity contribution in [1.82, 2.24) is 4.90 Å². The van der Waals surface area contributed by atoms with Gasteiger partial charge in [-0.2, -0.15) is 0 Å². The predicted molar refractivity (Wildman–Crippen MR) is 79.5 cm³/mol. The van der Waals surface area contributed by atoms with E-state index in [1.165, 1.54) is 0 Å². The highest BCUT2D eigenvalue weighted by molar-refractivity contribution is 9.10. The Morgan fingerprint density at radius 3 is 2.68 bits per heavy atom. The minimum Gasteiger partial charge on any atom is -0.384 e. The standard InChI is InChI=1S/C15H20BrNO2/c1-19-11-12-6-8-17(9-7-12)10-15(18)13-4-2-3-5-14(13)16/h2-5,12H,6-11H2,1H3. The highest BCUT2D eigenvalue weighted by atomic mass is 79.9. The van der Waals surface area contributed by atoms with Gasteiger partial charge in [0, 0.05) is 23.8 Å². The van der Waals surface area contributed by atoms with Crippen LogP contribution in [0.3, 0.4) is 0 Å². The van der Waals surface area contributed by atoms with Crippen molar-refractivity contribution in [3.05, 3.63) is 34.3 Å². The molecule has 0 spiro atoms. The van der Waals surface area contributed by atoms with Crippen LogP contribution in [0.4, 0.5) is 0 Å². The number of halogens is 1. The third-order valence-electron chi connectivity index (χ3n) is 3.65. The maximum Gasteiger partial charge on any atom is 0.177 e. The van der Waals surface area contributed by atoms with E-state index < -0.39 is 0 Å². The SMILES string of the molecule is COCC1CCN(CC(=O)c2ccccc2Br)CC1. The Balaban J connectivity index is 1.86. The van der Waals surface area contributed by atoms with Crippen LogP contribution < -0.4 is 0 Å². The number of nitrogens with zero attached hydrogens (tertiary/aromatic N) is 1. The van der Waals surface area contributed by atoms with E-state index in [9.17, 15) is 4.79 Å². The average molecular weight is 326 g/mol. The van der Waals surface area contributed by atoms with Crippen molar-refractivity contribution in [3.63, 3.8) is 0 Å². The topological polar surface area (TPSA) is 29.5 Å². The number of hydrogen-bond acceptors (Lipinski definition) is 3. The van der Waals surface area contributed by atoms with E-state index in [0.717, 1.165) is 42.6 Å². The van der Waals surface area contributed by atoms with Crippen LogP contribution in [0.15, 0.2) is 28.7 Å². The average Bonchev–Trinajstić information content (AvgIpc) is 2.42. The third-order valence-corrected chi connectivity index (χ3v) is 4.34. The Hall–Kier alpha value is -0.710. The molecule has 4 heteroatoms. The lowest BCUT2D eigenvalue weighted by molar-refractivity contribution is 0.0809. The largest absolute Gasteiger partial charge is 0.384 e. The Morgan fingerprint density at radius 2 is 2.05 bits per heavy atom. The summed E-state index contributed by atoms with van der Waals surface area (Å²) >= 11 is 3.44. The lowest BCUT2D eigenvalue weighted by Crippen LogP contribution is -2.38. The second-order valence-electron chi connectivity index (χ2n) is 5.08. The molecule has 1 aromatic carbocycles. The number of ether oxygens (including phenoxy) is 1. The first-order valence-electron chi connectivity index (χ1n) is 6.69. The summed E-state index contributed by atoms with van der Waals surface area (Å²) in [6, 6.07) is 7.63. The van der Waals surface area contributed by atoms with E-state index in [0.29, 0.717) is 12.5 Å². The van der Waals surface area contributed by atoms with Crippen LogP contribution in [0, 0.1) is 5.92 Å². The van der Waals surface area contributed by atoms with Crippen LogP contribution in [0.5, 0.6) is 0 Å². The molecular weight excluding hydrogens is 306 g/mol. The second-order valence-corrected chi connectivity index (χ2v) is 5.93. The van der Waals surface area contributed by atoms with Gasteiger partial charge in [0.25, 0.3) is 0 Å². The molecule has 1 fully saturated rings. The zero-order chi connectivity index (χ0) is 13.7. The molecule has 104 valence electrons. The van der Waals surface area contributed by atoms with Gasteiger partial charge in [-0.1, -0.05) is 34.1 Å². The first-order chi connectivity index (χ1) is 9.20. The van der Waals surface area contributed by atoms with Gasteiger partial charge in [-0.05, 0) is 37.9 Å². The highest BCUT2D eigenvalue weighted by Gasteiger charge is 2.21. The number of piperidine rings is 1. The van der Waals surface area contributed by atoms with Crippen LogP contribution in [0.2, 0.25) is 0 Å². The molecule has 0 aliphatic carbocycles. The minimum absolute atomic E-state index is 0.192. The van der Waals surface area contributed by atoms with Crippen molar-refractivity contribution in [2.45, 2.75) is 12.8 Å². The maximum absolute atomic E-state index is 12.2. The molecule has 0 aromatic heterocycles. The van der Waals surface area contributed by atoms with E-state index in [2.05, 4.69) is 20.8 Å². The number of carbonyl (C=O) groups is 1. The van der Waals surface area contributed by atoms with Crippen LogP contribution in [-0.2, 0) is 4.74 Å². The molecule has 1 aliphatic rings. The predicted octanol–water partition coefficient (Wildman–Crippen LogP) is 2.99. The van der Waals surface area contributed by atoms with Crippen molar-refractivity contribution < 1.29 is 9.53 Å². The molecule has 0 amide bonds. The summed E-state index contributed by atoms with van der Waals surface area (Å²) in [7, 11) is 1.75. The van der Waals surface area contributed by atoms with Crippen LogP contribution in [0.25, 0.3) is 0 Å². The van der Waals surface area contributed by atoms with Gasteiger partial charge in [-0.25, -0.2) is 0 Å². The Labute approximate surface area is 123 Å². The summed E-state index contributed by atoms with van der Waals surface area (Å²) in [5, 5.41) is 0. The number of likely N-dealkylation sites (tertiary alicyclic amines) is 1. The molecule has 0 radical (unpaired) electrons. The van der Waals surface area contributed by atoms with E-state index in [1.807, 2.05) is 24.3 Å². The summed E-state index contributed by atoms with van der Waals surface area (Å²) < 4.78 is 6.07. The van der Waals surface area contributed by atoms with Crippen LogP contribution in [0.1, 0.15) is 23.2 Å². The Bertz CT molecular complexity index is 428. The molecule has 1 saturated heterocycles. The molecule has 0 atom stereocenters. The maximum atomic E-state index is 12.2. The molecule has 0 bridgehead atoms. The van der Waals surface area contributed by atoms with Crippen molar-refractivity contribution in [2.24, 2.45) is 5.92 Å². The number of benzene rings is 1. The molecule has 0 saturated carbocycles. The van der Waals surface area contributed by atoms with Gasteiger partial charge in [0.15, 0.2) is 5.78 Å². The molecule has 0 unspecified atom stereocenters. The zero-order valence-corrected chi connectivity index (χ0v) is 12.9. The van der Waals surface area contributed by atoms with Crippen molar-refractivity contribution >= 4 is 21.7 Å². The second kappa shape index (κ2) is 7.17. The van der Waals surface area contributed by atoms with Crippen molar-refractivity contribution in [1.29, 1.82) is 0 Å². The van der Waals surface area contributed by atoms with Gasteiger partial charge in [0.2, 0.25) is 0 Å². The van der Waals surface area contributed by atoms with E-state index >= 15 is 0 Å². The van der Waals surface area contributed by atoms with Crippen molar-refractivity contribution in [2.75, 3.05) is 33.4 Å². The summed E-state index contributed by atoms with van der Waals surface area (Å²) in [4.78, 5) is 14.5. The lowest BCUT2D eigenvalue weighted by Gasteiger charge is -2.31. The normalized spacial score (nSPS) is 17.6. The zero-order valence-electron chi connectivity index (χ0n) is 11.3. The number of methoxy groups -OCH3 is 1. The van der Waals surface area contributed by atoms with Gasteiger partial charge in [-0.15, -0.1) is 0 Å². The molecule has 1 aromatic rings. The lowest BCUT2D eigenvalue weighted by atomic mass is 9.97. The van der Waals surface area contributed by atoms with Gasteiger partial charge >= 0.3 is 0 Å². The number of carbonyl (C=O) groups excluding carboxylic acids is 1. The molecule has 1 heterocycles. The van der Waals surface area contributed by atoms with E-state index in [4.69, 9.17) is 4.74 Å². The fourth-order valence-corrected chi connectivity index (χ4v) is 3.03. The monoisotopic (exact) mass is 325 g/mol. The third kappa shape index (κ3) is 4.13. The molecule has 1 aliphatic heterocycles. The molecular formula is C15H20BrNO2. The number of rotatable bonds is 5. The molecule has 2 rings (SSSR count). The molecule has 19 heavy (non-hydrogen) atoms.